The van der Waals surface area contributed by atoms with Crippen molar-refractivity contribution in [3.8, 4) is 34.6 Å². The number of rotatable bonds is 7. The van der Waals surface area contributed by atoms with Crippen LogP contribution >= 0.6 is 11.6 Å². The highest BCUT2D eigenvalue weighted by Crippen LogP contribution is 2.40. The van der Waals surface area contributed by atoms with E-state index in [1.54, 1.807) is 18.1 Å². The maximum atomic E-state index is 13.0. The van der Waals surface area contributed by atoms with Gasteiger partial charge in [-0.05, 0) is 74.4 Å². The molecule has 10 nitrogen and oxygen atoms in total. The van der Waals surface area contributed by atoms with E-state index in [4.69, 9.17) is 31.9 Å². The summed E-state index contributed by atoms with van der Waals surface area (Å²) < 4.78 is 13.6. The first-order valence-corrected chi connectivity index (χ1v) is 14.3. The van der Waals surface area contributed by atoms with Crippen molar-refractivity contribution in [3.63, 3.8) is 0 Å². The van der Waals surface area contributed by atoms with Gasteiger partial charge in [-0.1, -0.05) is 23.7 Å². The first-order valence-electron chi connectivity index (χ1n) is 13.9. The summed E-state index contributed by atoms with van der Waals surface area (Å²) >= 11 is 6.28. The fourth-order valence-electron chi connectivity index (χ4n) is 5.25. The van der Waals surface area contributed by atoms with E-state index in [1.807, 2.05) is 48.0 Å². The molecule has 42 heavy (non-hydrogen) atoms. The van der Waals surface area contributed by atoms with Crippen molar-refractivity contribution < 1.29 is 14.3 Å². The molecule has 0 radical (unpaired) electrons. The van der Waals surface area contributed by atoms with Gasteiger partial charge in [0, 0.05) is 23.7 Å². The average Bonchev–Trinajstić information content (AvgIpc) is 3.75. The molecule has 11 heteroatoms. The SMILES string of the molecule is COc1cc(-c2nn(C3CCN(C(=O)/C(C#N)=C/C4CC4)CC3)c3ncnc(N)c23)ccc1Oc1ccc(C)c(Cl)c1. The van der Waals surface area contributed by atoms with E-state index in [9.17, 15) is 10.1 Å². The zero-order valence-electron chi connectivity index (χ0n) is 23.4. The van der Waals surface area contributed by atoms with Gasteiger partial charge in [-0.2, -0.15) is 10.4 Å². The Hall–Kier alpha value is -4.62. The molecule has 1 aliphatic heterocycles. The van der Waals surface area contributed by atoms with Gasteiger partial charge in [0.05, 0.1) is 18.5 Å². The molecule has 0 atom stereocenters. The maximum Gasteiger partial charge on any atom is 0.264 e. The molecule has 4 aromatic rings. The van der Waals surface area contributed by atoms with Crippen LogP contribution in [0.1, 0.15) is 37.3 Å². The predicted octanol–water partition coefficient (Wildman–Crippen LogP) is 5.86. The van der Waals surface area contributed by atoms with Crippen LogP contribution in [0.5, 0.6) is 17.2 Å². The van der Waals surface area contributed by atoms with Gasteiger partial charge in [0.1, 0.15) is 35.2 Å². The molecule has 0 unspecified atom stereocenters. The number of ether oxygens (including phenoxy) is 2. The van der Waals surface area contributed by atoms with Crippen LogP contribution in [0, 0.1) is 24.2 Å². The summed E-state index contributed by atoms with van der Waals surface area (Å²) in [5, 5.41) is 15.8. The molecule has 2 aromatic carbocycles. The molecule has 2 N–H and O–H groups in total. The number of nitrogens with two attached hydrogens (primary N) is 1. The largest absolute Gasteiger partial charge is 0.493 e. The zero-order chi connectivity index (χ0) is 29.4. The summed E-state index contributed by atoms with van der Waals surface area (Å²) in [6.07, 6.45) is 6.69. The van der Waals surface area contributed by atoms with Crippen molar-refractivity contribution >= 4 is 34.4 Å². The van der Waals surface area contributed by atoms with Crippen molar-refractivity contribution in [3.05, 3.63) is 65.0 Å². The van der Waals surface area contributed by atoms with Crippen molar-refractivity contribution in [2.24, 2.45) is 5.92 Å². The highest BCUT2D eigenvalue weighted by atomic mass is 35.5. The van der Waals surface area contributed by atoms with Gasteiger partial charge in [-0.15, -0.1) is 0 Å². The number of anilines is 1. The number of amides is 1. The van der Waals surface area contributed by atoms with Crippen LogP contribution in [-0.2, 0) is 4.79 Å². The molecule has 1 saturated heterocycles. The van der Waals surface area contributed by atoms with E-state index in [0.29, 0.717) is 76.7 Å². The molecule has 2 fully saturated rings. The molecule has 0 spiro atoms. The predicted molar refractivity (Wildman–Crippen MR) is 159 cm³/mol. The summed E-state index contributed by atoms with van der Waals surface area (Å²) in [4.78, 5) is 23.5. The van der Waals surface area contributed by atoms with E-state index < -0.39 is 0 Å². The van der Waals surface area contributed by atoms with Crippen molar-refractivity contribution in [1.82, 2.24) is 24.6 Å². The summed E-state index contributed by atoms with van der Waals surface area (Å²) in [5.41, 5.74) is 9.59. The van der Waals surface area contributed by atoms with Crippen LogP contribution < -0.4 is 15.2 Å². The zero-order valence-corrected chi connectivity index (χ0v) is 24.1. The van der Waals surface area contributed by atoms with Crippen LogP contribution in [0.3, 0.4) is 0 Å². The summed E-state index contributed by atoms with van der Waals surface area (Å²) in [7, 11) is 1.58. The number of allylic oxidation sites excluding steroid dienone is 1. The Morgan fingerprint density at radius 1 is 1.12 bits per heavy atom. The van der Waals surface area contributed by atoms with E-state index in [1.165, 1.54) is 6.33 Å². The first-order chi connectivity index (χ1) is 20.4. The molecule has 214 valence electrons. The molecule has 1 saturated carbocycles. The molecular weight excluding hydrogens is 554 g/mol. The number of carbonyl (C=O) groups is 1. The minimum Gasteiger partial charge on any atom is -0.493 e. The van der Waals surface area contributed by atoms with E-state index >= 15 is 0 Å². The number of aromatic nitrogens is 4. The Morgan fingerprint density at radius 2 is 1.90 bits per heavy atom. The van der Waals surface area contributed by atoms with Crippen molar-refractivity contribution in [1.29, 1.82) is 5.26 Å². The van der Waals surface area contributed by atoms with Crippen LogP contribution in [0.25, 0.3) is 22.3 Å². The number of fused-ring (bicyclic) bond motifs is 1. The number of nitrogens with zero attached hydrogens (tertiary/aromatic N) is 6. The fraction of sp³-hybridized carbons (Fsp3) is 0.323. The van der Waals surface area contributed by atoms with Gasteiger partial charge in [-0.25, -0.2) is 14.6 Å². The monoisotopic (exact) mass is 583 g/mol. The summed E-state index contributed by atoms with van der Waals surface area (Å²) in [6, 6.07) is 13.2. The minimum absolute atomic E-state index is 0.00617. The van der Waals surface area contributed by atoms with Crippen LogP contribution in [0.2, 0.25) is 5.02 Å². The summed E-state index contributed by atoms with van der Waals surface area (Å²) in [5.74, 6) is 2.13. The van der Waals surface area contributed by atoms with Crippen LogP contribution in [0.4, 0.5) is 5.82 Å². The maximum absolute atomic E-state index is 13.0. The Morgan fingerprint density at radius 3 is 2.60 bits per heavy atom. The molecule has 2 aromatic heterocycles. The number of methoxy groups -OCH3 is 1. The second-order valence-electron chi connectivity index (χ2n) is 10.7. The Bertz CT molecular complexity index is 1750. The number of hydrogen-bond donors (Lipinski definition) is 1. The smallest absolute Gasteiger partial charge is 0.264 e. The van der Waals surface area contributed by atoms with Gasteiger partial charge in [0.25, 0.3) is 5.91 Å². The van der Waals surface area contributed by atoms with Gasteiger partial charge in [-0.3, -0.25) is 4.79 Å². The van der Waals surface area contributed by atoms with E-state index in [0.717, 1.165) is 24.0 Å². The molecule has 6 rings (SSSR count). The molecular formula is C31H30ClN7O3. The lowest BCUT2D eigenvalue weighted by atomic mass is 10.0. The van der Waals surface area contributed by atoms with Crippen molar-refractivity contribution in [2.75, 3.05) is 25.9 Å². The number of likely N-dealkylation sites (tertiary alicyclic amines) is 1. The molecule has 0 bridgehead atoms. The lowest BCUT2D eigenvalue weighted by molar-refractivity contribution is -0.128. The van der Waals surface area contributed by atoms with Crippen molar-refractivity contribution in [2.45, 2.75) is 38.6 Å². The topological polar surface area (TPSA) is 132 Å². The third-order valence-corrected chi connectivity index (χ3v) is 8.21. The van der Waals surface area contributed by atoms with Crippen LogP contribution in [0.15, 0.2) is 54.4 Å². The number of piperidine rings is 1. The number of aryl methyl sites for hydroxylation is 1. The average molecular weight is 584 g/mol. The molecule has 1 aliphatic carbocycles. The number of carbonyl (C=O) groups excluding carboxylic acids is 1. The second kappa shape index (κ2) is 11.3. The number of nitriles is 1. The second-order valence-corrected chi connectivity index (χ2v) is 11.1. The first kappa shape index (κ1) is 27.5. The highest BCUT2D eigenvalue weighted by Gasteiger charge is 2.30. The van der Waals surface area contributed by atoms with E-state index in [-0.39, 0.29) is 17.5 Å². The minimum atomic E-state index is -0.192. The highest BCUT2D eigenvalue weighted by molar-refractivity contribution is 6.31. The van der Waals surface area contributed by atoms with Gasteiger partial charge in [0.15, 0.2) is 17.1 Å². The Labute approximate surface area is 248 Å². The standard InChI is InChI=1S/C31H30ClN7O3/c1-18-3-7-23(15-24(18)32)42-25-8-6-20(14-26(25)41-2)28-27-29(34)35-17-36-30(27)39(37-28)22-9-11-38(12-10-22)31(40)21(16-33)13-19-4-5-19/h3,6-8,13-15,17,19,22H,4-5,9-12H2,1-2H3,(H2,34,35,36)/b21-13+. The van der Waals surface area contributed by atoms with Gasteiger partial charge < -0.3 is 20.1 Å². The Balaban J connectivity index is 1.28. The lowest BCUT2D eigenvalue weighted by Gasteiger charge is -2.32. The molecule has 1 amide bonds. The van der Waals surface area contributed by atoms with E-state index in [2.05, 4.69) is 16.0 Å². The Kier molecular flexibility index (Phi) is 7.43. The summed E-state index contributed by atoms with van der Waals surface area (Å²) in [6.45, 7) is 2.97. The normalized spacial score (nSPS) is 16.0. The molecule has 3 heterocycles. The van der Waals surface area contributed by atoms with Gasteiger partial charge >= 0.3 is 0 Å². The third kappa shape index (κ3) is 5.35. The van der Waals surface area contributed by atoms with Gasteiger partial charge in [0.2, 0.25) is 0 Å². The number of nitrogen functional groups attached to an aromatic ring is 1. The quantitative estimate of drug-likeness (QED) is 0.211. The lowest BCUT2D eigenvalue weighted by Crippen LogP contribution is -2.39. The number of halogens is 1. The fourth-order valence-corrected chi connectivity index (χ4v) is 5.42. The number of benzene rings is 2. The third-order valence-electron chi connectivity index (χ3n) is 7.80. The van der Waals surface area contributed by atoms with Crippen LogP contribution in [-0.4, -0.2) is 50.8 Å². The molecule has 2 aliphatic rings. The number of hydrogen-bond acceptors (Lipinski definition) is 8.